The Morgan fingerprint density at radius 1 is 1.44 bits per heavy atom. The van der Waals surface area contributed by atoms with E-state index in [0.717, 1.165) is 16.2 Å². The van der Waals surface area contributed by atoms with Crippen molar-refractivity contribution in [1.82, 2.24) is 4.31 Å². The number of sulfonamides is 1. The average molecular weight is 285 g/mol. The van der Waals surface area contributed by atoms with Crippen LogP contribution in [0.3, 0.4) is 0 Å². The minimum Gasteiger partial charge on any atom is -0.395 e. The van der Waals surface area contributed by atoms with E-state index < -0.39 is 10.0 Å². The molecule has 1 saturated heterocycles. The number of rotatable bonds is 3. The van der Waals surface area contributed by atoms with Crippen LogP contribution in [-0.4, -0.2) is 36.7 Å². The summed E-state index contributed by atoms with van der Waals surface area (Å²) in [5.74, 6) is 6.07. The van der Waals surface area contributed by atoms with Crippen molar-refractivity contribution in [1.29, 1.82) is 0 Å². The quantitative estimate of drug-likeness (QED) is 0.844. The van der Waals surface area contributed by atoms with Gasteiger partial charge in [-0.05, 0) is 18.6 Å². The van der Waals surface area contributed by atoms with E-state index in [1.807, 2.05) is 12.1 Å². The van der Waals surface area contributed by atoms with Crippen molar-refractivity contribution >= 4 is 21.4 Å². The summed E-state index contributed by atoms with van der Waals surface area (Å²) in [6, 6.07) is 3.81. The summed E-state index contributed by atoms with van der Waals surface area (Å²) in [6.07, 6.45) is 1.19. The van der Waals surface area contributed by atoms with Gasteiger partial charge in [-0.15, -0.1) is 11.3 Å². The number of hydrogen-bond donors (Lipinski definition) is 1. The van der Waals surface area contributed by atoms with Crippen LogP contribution in [0.2, 0.25) is 0 Å². The van der Waals surface area contributed by atoms with Gasteiger partial charge in [0.1, 0.15) is 0 Å². The summed E-state index contributed by atoms with van der Waals surface area (Å²) in [6.45, 7) is 1.14. The molecule has 0 aliphatic carbocycles. The van der Waals surface area contributed by atoms with Gasteiger partial charge in [0, 0.05) is 24.4 Å². The van der Waals surface area contributed by atoms with Gasteiger partial charge in [0.25, 0.3) is 0 Å². The second kappa shape index (κ2) is 5.85. The standard InChI is InChI=1S/C12H15NO3S2/c14-8-2-1-4-11-5-6-12(17-11)10-13-7-3-9-18(13,15)16/h5-6,14H,2-3,7-10H2. The van der Waals surface area contributed by atoms with E-state index in [1.165, 1.54) is 15.6 Å². The van der Waals surface area contributed by atoms with E-state index in [0.29, 0.717) is 19.5 Å². The highest BCUT2D eigenvalue weighted by molar-refractivity contribution is 7.89. The first kappa shape index (κ1) is 13.6. The lowest BCUT2D eigenvalue weighted by atomic mass is 10.4. The van der Waals surface area contributed by atoms with Crippen LogP contribution in [0.5, 0.6) is 0 Å². The summed E-state index contributed by atoms with van der Waals surface area (Å²) in [5, 5.41) is 8.62. The van der Waals surface area contributed by atoms with Gasteiger partial charge < -0.3 is 5.11 Å². The highest BCUT2D eigenvalue weighted by Gasteiger charge is 2.28. The second-order valence-corrected chi connectivity index (χ2v) is 7.30. The monoisotopic (exact) mass is 285 g/mol. The molecule has 0 atom stereocenters. The Morgan fingerprint density at radius 3 is 2.94 bits per heavy atom. The molecule has 1 aromatic rings. The lowest BCUT2D eigenvalue weighted by Gasteiger charge is -2.12. The van der Waals surface area contributed by atoms with E-state index in [9.17, 15) is 8.42 Å². The van der Waals surface area contributed by atoms with Crippen LogP contribution in [0.4, 0.5) is 0 Å². The fourth-order valence-electron chi connectivity index (χ4n) is 1.78. The van der Waals surface area contributed by atoms with Crippen molar-refractivity contribution in [2.45, 2.75) is 19.4 Å². The van der Waals surface area contributed by atoms with Gasteiger partial charge in [0.2, 0.25) is 10.0 Å². The topological polar surface area (TPSA) is 57.6 Å². The number of thiophene rings is 1. The Hall–Kier alpha value is -0.870. The summed E-state index contributed by atoms with van der Waals surface area (Å²) < 4.78 is 24.8. The molecule has 1 aliphatic rings. The SMILES string of the molecule is O=S1(=O)CCCN1Cc1ccc(C#CCCO)s1. The lowest BCUT2D eigenvalue weighted by Crippen LogP contribution is -2.24. The molecule has 0 spiro atoms. The molecule has 0 radical (unpaired) electrons. The molecule has 0 amide bonds. The molecule has 2 heterocycles. The van der Waals surface area contributed by atoms with Gasteiger partial charge in [0.15, 0.2) is 0 Å². The van der Waals surface area contributed by atoms with Crippen molar-refractivity contribution in [2.75, 3.05) is 18.9 Å². The van der Waals surface area contributed by atoms with Crippen molar-refractivity contribution < 1.29 is 13.5 Å². The van der Waals surface area contributed by atoms with E-state index in [2.05, 4.69) is 11.8 Å². The molecule has 0 saturated carbocycles. The number of aliphatic hydroxyl groups excluding tert-OH is 1. The summed E-state index contributed by atoms with van der Waals surface area (Å²) >= 11 is 1.51. The Balaban J connectivity index is 2.01. The van der Waals surface area contributed by atoms with E-state index in [1.54, 1.807) is 0 Å². The van der Waals surface area contributed by atoms with Gasteiger partial charge >= 0.3 is 0 Å². The van der Waals surface area contributed by atoms with Crippen LogP contribution in [0.1, 0.15) is 22.6 Å². The molecule has 6 heteroatoms. The molecule has 1 aromatic heterocycles. The average Bonchev–Trinajstić information content (AvgIpc) is 2.88. The first-order valence-electron chi connectivity index (χ1n) is 5.78. The van der Waals surface area contributed by atoms with Crippen molar-refractivity contribution in [2.24, 2.45) is 0 Å². The Bertz CT molecular complexity index is 566. The zero-order chi connectivity index (χ0) is 13.0. The normalized spacial score (nSPS) is 18.5. The number of hydrogen-bond acceptors (Lipinski definition) is 4. The lowest BCUT2D eigenvalue weighted by molar-refractivity contribution is 0.305. The molecular formula is C12H15NO3S2. The number of aliphatic hydroxyl groups is 1. The predicted octanol–water partition coefficient (Wildman–Crippen LogP) is 1.02. The maximum absolute atomic E-state index is 11.7. The molecule has 1 fully saturated rings. The Morgan fingerprint density at radius 2 is 2.28 bits per heavy atom. The largest absolute Gasteiger partial charge is 0.395 e. The van der Waals surface area contributed by atoms with Crippen LogP contribution in [0, 0.1) is 11.8 Å². The zero-order valence-electron chi connectivity index (χ0n) is 9.92. The fraction of sp³-hybridized carbons (Fsp3) is 0.500. The smallest absolute Gasteiger partial charge is 0.214 e. The molecule has 98 valence electrons. The maximum atomic E-state index is 11.7. The van der Waals surface area contributed by atoms with Crippen molar-refractivity contribution in [3.8, 4) is 11.8 Å². The number of nitrogens with zero attached hydrogens (tertiary/aromatic N) is 1. The molecular weight excluding hydrogens is 270 g/mol. The van der Waals surface area contributed by atoms with Crippen LogP contribution in [0.15, 0.2) is 12.1 Å². The third kappa shape index (κ3) is 3.33. The Labute approximate surface area is 111 Å². The van der Waals surface area contributed by atoms with Crippen LogP contribution >= 0.6 is 11.3 Å². The van der Waals surface area contributed by atoms with Crippen molar-refractivity contribution in [3.63, 3.8) is 0 Å². The summed E-state index contributed by atoms with van der Waals surface area (Å²) in [7, 11) is -3.03. The third-order valence-corrected chi connectivity index (χ3v) is 5.53. The van der Waals surface area contributed by atoms with E-state index >= 15 is 0 Å². The highest BCUT2D eigenvalue weighted by atomic mass is 32.2. The molecule has 0 unspecified atom stereocenters. The van der Waals surface area contributed by atoms with E-state index in [-0.39, 0.29) is 12.4 Å². The fourth-order valence-corrected chi connectivity index (χ4v) is 4.25. The summed E-state index contributed by atoms with van der Waals surface area (Å²) in [4.78, 5) is 1.92. The van der Waals surface area contributed by atoms with Gasteiger partial charge in [-0.1, -0.05) is 11.8 Å². The minimum absolute atomic E-state index is 0.0667. The second-order valence-electron chi connectivity index (χ2n) is 4.04. The van der Waals surface area contributed by atoms with E-state index in [4.69, 9.17) is 5.11 Å². The van der Waals surface area contributed by atoms with Gasteiger partial charge in [-0.25, -0.2) is 8.42 Å². The zero-order valence-corrected chi connectivity index (χ0v) is 11.6. The molecule has 18 heavy (non-hydrogen) atoms. The van der Waals surface area contributed by atoms with Crippen molar-refractivity contribution in [3.05, 3.63) is 21.9 Å². The first-order chi connectivity index (χ1) is 8.62. The molecule has 4 nitrogen and oxygen atoms in total. The predicted molar refractivity (Wildman–Crippen MR) is 71.7 cm³/mol. The molecule has 0 aromatic carbocycles. The molecule has 0 bridgehead atoms. The molecule has 2 rings (SSSR count). The first-order valence-corrected chi connectivity index (χ1v) is 8.20. The highest BCUT2D eigenvalue weighted by Crippen LogP contribution is 2.22. The minimum atomic E-state index is -3.03. The molecule has 1 N–H and O–H groups in total. The van der Waals surface area contributed by atoms with Crippen LogP contribution in [-0.2, 0) is 16.6 Å². The third-order valence-electron chi connectivity index (χ3n) is 2.65. The summed E-state index contributed by atoms with van der Waals surface area (Å²) in [5.41, 5.74) is 0. The van der Waals surface area contributed by atoms with Gasteiger partial charge in [-0.3, -0.25) is 0 Å². The maximum Gasteiger partial charge on any atom is 0.214 e. The van der Waals surface area contributed by atoms with Gasteiger partial charge in [0.05, 0.1) is 17.2 Å². The van der Waals surface area contributed by atoms with Crippen LogP contribution in [0.25, 0.3) is 0 Å². The molecule has 1 aliphatic heterocycles. The van der Waals surface area contributed by atoms with Crippen LogP contribution < -0.4 is 0 Å². The van der Waals surface area contributed by atoms with Gasteiger partial charge in [-0.2, -0.15) is 4.31 Å². The Kier molecular flexibility index (Phi) is 4.40.